The molecule has 0 aromatic heterocycles. The molecule has 5 nitrogen and oxygen atoms in total. The summed E-state index contributed by atoms with van der Waals surface area (Å²) in [4.78, 5) is 25.2. The van der Waals surface area contributed by atoms with Crippen molar-refractivity contribution in [3.8, 4) is 5.75 Å². The van der Waals surface area contributed by atoms with Crippen molar-refractivity contribution in [2.45, 2.75) is 6.42 Å². The van der Waals surface area contributed by atoms with Gasteiger partial charge in [-0.05, 0) is 62.6 Å². The van der Waals surface area contributed by atoms with Crippen LogP contribution in [0.15, 0.2) is 97.4 Å². The summed E-state index contributed by atoms with van der Waals surface area (Å²) in [5.41, 5.74) is 4.38. The van der Waals surface area contributed by atoms with Gasteiger partial charge < -0.3 is 4.74 Å². The molecule has 0 unspecified atom stereocenters. The molecule has 4 aromatic rings. The molecular weight excluding hydrogens is 628 g/mol. The van der Waals surface area contributed by atoms with E-state index in [2.05, 4.69) is 58.3 Å². The third-order valence-electron chi connectivity index (χ3n) is 4.92. The van der Waals surface area contributed by atoms with Crippen molar-refractivity contribution in [1.82, 2.24) is 5.43 Å². The lowest BCUT2D eigenvalue weighted by molar-refractivity contribution is -0.120. The van der Waals surface area contributed by atoms with Crippen LogP contribution in [0, 0.1) is 0 Å². The van der Waals surface area contributed by atoms with E-state index >= 15 is 0 Å². The van der Waals surface area contributed by atoms with Crippen LogP contribution in [0.1, 0.15) is 21.5 Å². The third kappa shape index (κ3) is 6.00. The topological polar surface area (TPSA) is 67.8 Å². The fourth-order valence-corrected chi connectivity index (χ4v) is 5.12. The van der Waals surface area contributed by atoms with E-state index in [1.54, 1.807) is 30.3 Å². The number of halogens is 3. The lowest BCUT2D eigenvalue weighted by atomic mass is 10.0. The van der Waals surface area contributed by atoms with Crippen molar-refractivity contribution in [3.05, 3.63) is 109 Å². The van der Waals surface area contributed by atoms with Crippen LogP contribution in [0.5, 0.6) is 5.75 Å². The number of carbonyl (C=O) groups is 2. The highest BCUT2D eigenvalue weighted by Gasteiger charge is 2.16. The quantitative estimate of drug-likeness (QED) is 0.106. The number of hydrazone groups is 1. The molecule has 0 saturated heterocycles. The summed E-state index contributed by atoms with van der Waals surface area (Å²) in [7, 11) is 0. The first-order valence-corrected chi connectivity index (χ1v) is 12.5. The third-order valence-corrected chi connectivity index (χ3v) is 6.46. The lowest BCUT2D eigenvalue weighted by Gasteiger charge is -2.11. The minimum Gasteiger partial charge on any atom is -0.421 e. The number of nitrogens with zero attached hydrogens (tertiary/aromatic N) is 1. The molecule has 0 aliphatic heterocycles. The maximum absolute atomic E-state index is 12.7. The van der Waals surface area contributed by atoms with Crippen molar-refractivity contribution in [2.75, 3.05) is 0 Å². The largest absolute Gasteiger partial charge is 0.421 e. The van der Waals surface area contributed by atoms with Crippen molar-refractivity contribution in [2.24, 2.45) is 5.10 Å². The number of hydrogen-bond acceptors (Lipinski definition) is 4. The predicted octanol–water partition coefficient (Wildman–Crippen LogP) is 7.04. The van der Waals surface area contributed by atoms with Crippen LogP contribution in [0.25, 0.3) is 10.8 Å². The molecule has 8 heteroatoms. The van der Waals surface area contributed by atoms with Crippen LogP contribution in [0.4, 0.5) is 0 Å². The highest BCUT2D eigenvalue weighted by atomic mass is 79.9. The number of esters is 1. The number of fused-ring (bicyclic) bond motifs is 1. The molecule has 0 aliphatic carbocycles. The molecule has 0 bridgehead atoms. The highest BCUT2D eigenvalue weighted by molar-refractivity contribution is 9.11. The molecule has 0 fully saturated rings. The second-order valence-corrected chi connectivity index (χ2v) is 10.00. The van der Waals surface area contributed by atoms with E-state index in [0.29, 0.717) is 21.3 Å². The Morgan fingerprint density at radius 2 is 1.65 bits per heavy atom. The number of amides is 1. The molecule has 0 aliphatic rings. The van der Waals surface area contributed by atoms with Gasteiger partial charge in [0.2, 0.25) is 5.91 Å². The van der Waals surface area contributed by atoms with Crippen LogP contribution in [0.3, 0.4) is 0 Å². The number of benzene rings is 4. The second kappa shape index (κ2) is 11.1. The van der Waals surface area contributed by atoms with E-state index in [4.69, 9.17) is 4.74 Å². The predicted molar refractivity (Wildman–Crippen MR) is 144 cm³/mol. The molecule has 4 rings (SSSR count). The Bertz CT molecular complexity index is 1410. The average molecular weight is 645 g/mol. The number of hydrogen-bond donors (Lipinski definition) is 1. The van der Waals surface area contributed by atoms with Crippen molar-refractivity contribution >= 4 is 76.7 Å². The van der Waals surface area contributed by atoms with E-state index in [-0.39, 0.29) is 12.3 Å². The summed E-state index contributed by atoms with van der Waals surface area (Å²) in [5.74, 6) is -0.478. The summed E-state index contributed by atoms with van der Waals surface area (Å²) in [5, 5.41) is 6.20. The zero-order valence-electron chi connectivity index (χ0n) is 17.6. The van der Waals surface area contributed by atoms with Crippen molar-refractivity contribution in [1.29, 1.82) is 0 Å². The molecule has 170 valence electrons. The van der Waals surface area contributed by atoms with Gasteiger partial charge in [-0.25, -0.2) is 10.2 Å². The molecule has 1 N–H and O–H groups in total. The molecule has 34 heavy (non-hydrogen) atoms. The van der Waals surface area contributed by atoms with E-state index in [1.165, 1.54) is 6.21 Å². The maximum Gasteiger partial charge on any atom is 0.343 e. The fraction of sp³-hybridized carbons (Fsp3) is 0.0385. The monoisotopic (exact) mass is 642 g/mol. The van der Waals surface area contributed by atoms with Gasteiger partial charge in [-0.2, -0.15) is 5.10 Å². The van der Waals surface area contributed by atoms with Crippen molar-refractivity contribution < 1.29 is 14.3 Å². The number of ether oxygens (including phenoxy) is 1. The van der Waals surface area contributed by atoms with E-state index in [0.717, 1.165) is 25.3 Å². The van der Waals surface area contributed by atoms with Crippen molar-refractivity contribution in [3.63, 3.8) is 0 Å². The molecule has 0 saturated carbocycles. The van der Waals surface area contributed by atoms with Crippen LogP contribution < -0.4 is 10.2 Å². The van der Waals surface area contributed by atoms with Crippen LogP contribution in [-0.4, -0.2) is 18.1 Å². The van der Waals surface area contributed by atoms with Gasteiger partial charge in [0.15, 0.2) is 5.75 Å². The van der Waals surface area contributed by atoms with Gasteiger partial charge >= 0.3 is 5.97 Å². The molecule has 0 atom stereocenters. The minimum absolute atomic E-state index is 0.186. The zero-order chi connectivity index (χ0) is 24.1. The Morgan fingerprint density at radius 3 is 2.47 bits per heavy atom. The Kier molecular flexibility index (Phi) is 7.92. The lowest BCUT2D eigenvalue weighted by Crippen LogP contribution is -2.20. The molecule has 4 aromatic carbocycles. The molecule has 0 spiro atoms. The number of carbonyl (C=O) groups excluding carboxylic acids is 2. The van der Waals surface area contributed by atoms with Crippen LogP contribution in [0.2, 0.25) is 0 Å². The van der Waals surface area contributed by atoms with Crippen LogP contribution in [-0.2, 0) is 11.2 Å². The Balaban J connectivity index is 1.50. The number of nitrogens with one attached hydrogen (secondary N) is 1. The Hall–Kier alpha value is -2.81. The van der Waals surface area contributed by atoms with Gasteiger partial charge in [0.25, 0.3) is 0 Å². The van der Waals surface area contributed by atoms with Gasteiger partial charge in [0, 0.05) is 14.5 Å². The first-order valence-electron chi connectivity index (χ1n) is 10.2. The Labute approximate surface area is 221 Å². The molecule has 1 amide bonds. The summed E-state index contributed by atoms with van der Waals surface area (Å²) in [6.45, 7) is 0. The van der Waals surface area contributed by atoms with Gasteiger partial charge in [-0.1, -0.05) is 80.4 Å². The van der Waals surface area contributed by atoms with Gasteiger partial charge in [-0.15, -0.1) is 0 Å². The van der Waals surface area contributed by atoms with Crippen LogP contribution >= 0.6 is 47.8 Å². The summed E-state index contributed by atoms with van der Waals surface area (Å²) in [6, 6.07) is 24.2. The summed E-state index contributed by atoms with van der Waals surface area (Å²) < 4.78 is 7.73. The first-order chi connectivity index (χ1) is 16.4. The van der Waals surface area contributed by atoms with E-state index in [1.807, 2.05) is 48.5 Å². The molecule has 0 radical (unpaired) electrons. The summed E-state index contributed by atoms with van der Waals surface area (Å²) >= 11 is 10.2. The maximum atomic E-state index is 12.7. The van der Waals surface area contributed by atoms with Gasteiger partial charge in [0.05, 0.1) is 22.7 Å². The average Bonchev–Trinajstić information content (AvgIpc) is 2.81. The van der Waals surface area contributed by atoms with E-state index in [9.17, 15) is 9.59 Å². The molecule has 0 heterocycles. The van der Waals surface area contributed by atoms with Gasteiger partial charge in [0.1, 0.15) is 0 Å². The zero-order valence-corrected chi connectivity index (χ0v) is 22.4. The first kappa shape index (κ1) is 24.3. The van der Waals surface area contributed by atoms with E-state index < -0.39 is 5.97 Å². The smallest absolute Gasteiger partial charge is 0.343 e. The standard InChI is InChI=1S/C26H17Br3N2O3/c27-20-9-4-8-18(11-20)26(33)34-25-19(12-21(28)14-23(25)29)15-30-31-24(32)13-17-7-3-6-16-5-1-2-10-22(16)17/h1-12,14-15H,13H2,(H,31,32)/b30-15-. The second-order valence-electron chi connectivity index (χ2n) is 7.31. The SMILES string of the molecule is O=C(Cc1cccc2ccccc12)N/N=C\c1cc(Br)cc(Br)c1OC(=O)c1cccc(Br)c1. The summed E-state index contributed by atoms with van der Waals surface area (Å²) in [6.07, 6.45) is 1.63. The fourth-order valence-electron chi connectivity index (χ4n) is 3.38. The molecular formula is C26H17Br3N2O3. The van der Waals surface area contributed by atoms with Gasteiger partial charge in [-0.3, -0.25) is 4.79 Å². The number of rotatable bonds is 6. The minimum atomic E-state index is -0.515. The Morgan fingerprint density at radius 1 is 0.882 bits per heavy atom. The highest BCUT2D eigenvalue weighted by Crippen LogP contribution is 2.33. The normalized spacial score (nSPS) is 11.0.